The first kappa shape index (κ1) is 20.6. The summed E-state index contributed by atoms with van der Waals surface area (Å²) in [5.74, 6) is -2.46. The number of alkyl carbamates (subject to hydrolysis) is 1. The van der Waals surface area contributed by atoms with Gasteiger partial charge in [0.2, 0.25) is 5.92 Å². The smallest absolute Gasteiger partial charge is 0.408 e. The molecule has 2 heterocycles. The highest BCUT2D eigenvalue weighted by Crippen LogP contribution is 2.44. The lowest BCUT2D eigenvalue weighted by molar-refractivity contribution is -0.0498. The number of aromatic nitrogens is 1. The number of fused-ring (bicyclic) bond motifs is 1. The Balaban J connectivity index is 1.47. The second-order valence-electron chi connectivity index (χ2n) is 8.34. The Labute approximate surface area is 175 Å². The molecular formula is C23H27F2N3O2. The fourth-order valence-electron chi connectivity index (χ4n) is 4.62. The largest absolute Gasteiger partial charge is 0.445 e. The lowest BCUT2D eigenvalue weighted by Crippen LogP contribution is -2.48. The number of carbonyl (C=O) groups is 1. The monoisotopic (exact) mass is 415 g/mol. The van der Waals surface area contributed by atoms with E-state index >= 15 is 0 Å². The summed E-state index contributed by atoms with van der Waals surface area (Å²) in [7, 11) is 0. The van der Waals surface area contributed by atoms with E-state index in [0.29, 0.717) is 12.8 Å². The molecule has 1 aromatic heterocycles. The van der Waals surface area contributed by atoms with Crippen molar-refractivity contribution in [3.05, 3.63) is 59.9 Å². The number of amides is 1. The molecule has 3 atom stereocenters. The van der Waals surface area contributed by atoms with Crippen LogP contribution in [-0.4, -0.2) is 23.0 Å². The molecule has 0 bridgehead atoms. The van der Waals surface area contributed by atoms with E-state index in [1.165, 1.54) is 0 Å². The summed E-state index contributed by atoms with van der Waals surface area (Å²) in [6.07, 6.45) is 1.95. The van der Waals surface area contributed by atoms with Crippen molar-refractivity contribution in [1.29, 1.82) is 0 Å². The van der Waals surface area contributed by atoms with Gasteiger partial charge in [-0.25, -0.2) is 13.6 Å². The molecule has 30 heavy (non-hydrogen) atoms. The first-order valence-electron chi connectivity index (χ1n) is 10.5. The van der Waals surface area contributed by atoms with Crippen molar-refractivity contribution in [1.82, 2.24) is 10.3 Å². The van der Waals surface area contributed by atoms with Gasteiger partial charge >= 0.3 is 6.09 Å². The van der Waals surface area contributed by atoms with Gasteiger partial charge in [-0.3, -0.25) is 4.98 Å². The van der Waals surface area contributed by atoms with Crippen molar-refractivity contribution in [2.24, 2.45) is 11.8 Å². The van der Waals surface area contributed by atoms with Crippen LogP contribution in [0.15, 0.2) is 48.7 Å². The third-order valence-corrected chi connectivity index (χ3v) is 6.30. The number of rotatable bonds is 4. The molecule has 0 radical (unpaired) electrons. The van der Waals surface area contributed by atoms with Crippen molar-refractivity contribution in [2.45, 2.75) is 57.2 Å². The highest BCUT2D eigenvalue weighted by molar-refractivity contribution is 5.69. The minimum absolute atomic E-state index is 0.0165. The Bertz CT molecular complexity index is 868. The predicted octanol–water partition coefficient (Wildman–Crippen LogP) is 5.30. The van der Waals surface area contributed by atoms with Gasteiger partial charge in [-0.05, 0) is 36.5 Å². The molecule has 2 aliphatic rings. The minimum Gasteiger partial charge on any atom is -0.445 e. The van der Waals surface area contributed by atoms with E-state index in [0.717, 1.165) is 16.9 Å². The number of alkyl halides is 2. The molecule has 1 aliphatic carbocycles. The van der Waals surface area contributed by atoms with Gasteiger partial charge in [0, 0.05) is 31.0 Å². The van der Waals surface area contributed by atoms with E-state index in [4.69, 9.17) is 4.74 Å². The summed E-state index contributed by atoms with van der Waals surface area (Å²) >= 11 is 0. The first-order valence-corrected chi connectivity index (χ1v) is 10.5. The van der Waals surface area contributed by atoms with E-state index in [1.807, 2.05) is 49.4 Å². The summed E-state index contributed by atoms with van der Waals surface area (Å²) in [6.45, 7) is 2.21. The van der Waals surface area contributed by atoms with Gasteiger partial charge in [0.15, 0.2) is 0 Å². The maximum absolute atomic E-state index is 13.7. The summed E-state index contributed by atoms with van der Waals surface area (Å²) in [6, 6.07) is 12.9. The van der Waals surface area contributed by atoms with Crippen LogP contribution in [0.3, 0.4) is 0 Å². The fourth-order valence-corrected chi connectivity index (χ4v) is 4.62. The molecule has 5 nitrogen and oxygen atoms in total. The van der Waals surface area contributed by atoms with Crippen molar-refractivity contribution < 1.29 is 18.3 Å². The summed E-state index contributed by atoms with van der Waals surface area (Å²) in [5.41, 5.74) is 2.50. The van der Waals surface area contributed by atoms with Crippen LogP contribution in [0.2, 0.25) is 0 Å². The Morgan fingerprint density at radius 2 is 1.93 bits per heavy atom. The van der Waals surface area contributed by atoms with Gasteiger partial charge in [-0.1, -0.05) is 37.3 Å². The van der Waals surface area contributed by atoms with Crippen LogP contribution in [-0.2, 0) is 11.3 Å². The zero-order chi connectivity index (χ0) is 21.1. The average Bonchev–Trinajstić information content (AvgIpc) is 2.75. The van der Waals surface area contributed by atoms with Crippen LogP contribution in [0.25, 0.3) is 0 Å². The second kappa shape index (κ2) is 8.58. The lowest BCUT2D eigenvalue weighted by atomic mass is 9.73. The van der Waals surface area contributed by atoms with Gasteiger partial charge in [-0.15, -0.1) is 0 Å². The van der Waals surface area contributed by atoms with Crippen LogP contribution in [0.5, 0.6) is 0 Å². The standard InChI is InChI=1S/C23H27F2N3O2/c1-15-19(17-9-11-23(24,25)12-10-17)27-18-8-5-13-26-21(18)20(15)28-22(29)30-14-16-6-3-2-4-7-16/h2-8,13,15,17,19-20,27H,9-12,14H2,1H3,(H,28,29)/t15-,19+,20+/m0/s1. The first-order chi connectivity index (χ1) is 14.4. The number of hydrogen-bond donors (Lipinski definition) is 2. The Hall–Kier alpha value is -2.70. The van der Waals surface area contributed by atoms with Crippen LogP contribution >= 0.6 is 0 Å². The zero-order valence-electron chi connectivity index (χ0n) is 17.0. The molecule has 0 spiro atoms. The van der Waals surface area contributed by atoms with E-state index in [1.54, 1.807) is 6.20 Å². The molecule has 1 saturated carbocycles. The number of nitrogens with zero attached hydrogens (tertiary/aromatic N) is 1. The molecule has 1 fully saturated rings. The molecule has 7 heteroatoms. The molecule has 0 saturated heterocycles. The number of nitrogens with one attached hydrogen (secondary N) is 2. The van der Waals surface area contributed by atoms with Crippen molar-refractivity contribution in [2.75, 3.05) is 5.32 Å². The third-order valence-electron chi connectivity index (χ3n) is 6.30. The molecule has 0 unspecified atom stereocenters. The van der Waals surface area contributed by atoms with Crippen molar-refractivity contribution in [3.63, 3.8) is 0 Å². The third kappa shape index (κ3) is 4.55. The Morgan fingerprint density at radius 1 is 1.20 bits per heavy atom. The maximum Gasteiger partial charge on any atom is 0.408 e. The fraction of sp³-hybridized carbons (Fsp3) is 0.478. The van der Waals surface area contributed by atoms with Crippen molar-refractivity contribution in [3.8, 4) is 0 Å². The van der Waals surface area contributed by atoms with Crippen LogP contribution in [0, 0.1) is 11.8 Å². The normalized spacial score (nSPS) is 25.6. The van der Waals surface area contributed by atoms with Crippen LogP contribution in [0.4, 0.5) is 19.3 Å². The number of pyridine rings is 1. The molecule has 1 aliphatic heterocycles. The highest BCUT2D eigenvalue weighted by Gasteiger charge is 2.43. The topological polar surface area (TPSA) is 63.2 Å². The summed E-state index contributed by atoms with van der Waals surface area (Å²) in [4.78, 5) is 17.0. The van der Waals surface area contributed by atoms with E-state index in [9.17, 15) is 13.6 Å². The van der Waals surface area contributed by atoms with Crippen LogP contribution < -0.4 is 10.6 Å². The Kier molecular flexibility index (Phi) is 5.88. The molecular weight excluding hydrogens is 388 g/mol. The second-order valence-corrected chi connectivity index (χ2v) is 8.34. The number of ether oxygens (including phenoxy) is 1. The maximum atomic E-state index is 13.7. The number of anilines is 1. The van der Waals surface area contributed by atoms with Gasteiger partial charge in [0.25, 0.3) is 0 Å². The molecule has 160 valence electrons. The molecule has 4 rings (SSSR count). The van der Waals surface area contributed by atoms with E-state index in [2.05, 4.69) is 15.6 Å². The lowest BCUT2D eigenvalue weighted by Gasteiger charge is -2.44. The molecule has 2 aromatic rings. The van der Waals surface area contributed by atoms with Crippen LogP contribution in [0.1, 0.15) is 49.9 Å². The average molecular weight is 415 g/mol. The zero-order valence-corrected chi connectivity index (χ0v) is 17.0. The summed E-state index contributed by atoms with van der Waals surface area (Å²) in [5, 5.41) is 6.47. The van der Waals surface area contributed by atoms with Crippen molar-refractivity contribution >= 4 is 11.8 Å². The summed E-state index contributed by atoms with van der Waals surface area (Å²) < 4.78 is 32.7. The quantitative estimate of drug-likeness (QED) is 0.711. The van der Waals surface area contributed by atoms with E-state index < -0.39 is 12.0 Å². The number of hydrogen-bond acceptors (Lipinski definition) is 4. The molecule has 1 amide bonds. The van der Waals surface area contributed by atoms with E-state index in [-0.39, 0.29) is 43.4 Å². The van der Waals surface area contributed by atoms with Gasteiger partial charge < -0.3 is 15.4 Å². The van der Waals surface area contributed by atoms with Gasteiger partial charge in [-0.2, -0.15) is 0 Å². The Morgan fingerprint density at radius 3 is 2.67 bits per heavy atom. The number of halogens is 2. The minimum atomic E-state index is -2.56. The van der Waals surface area contributed by atoms with Gasteiger partial charge in [0.1, 0.15) is 6.61 Å². The molecule has 1 aromatic carbocycles. The highest BCUT2D eigenvalue weighted by atomic mass is 19.3. The molecule has 2 N–H and O–H groups in total. The SMILES string of the molecule is C[C@@H]1[C@@H](NC(=O)OCc2ccccc2)c2ncccc2N[C@H]1C1CCC(F)(F)CC1. The number of benzene rings is 1. The predicted molar refractivity (Wildman–Crippen MR) is 110 cm³/mol. The number of carbonyl (C=O) groups excluding carboxylic acids is 1. The van der Waals surface area contributed by atoms with Gasteiger partial charge in [0.05, 0.1) is 17.4 Å².